The number of H-pyrrole nitrogens is 1. The fourth-order valence-corrected chi connectivity index (χ4v) is 4.56. The first-order valence-electron chi connectivity index (χ1n) is 11.3. The summed E-state index contributed by atoms with van der Waals surface area (Å²) in [4.78, 5) is 25.2. The van der Waals surface area contributed by atoms with E-state index in [1.807, 2.05) is 35.0 Å². The minimum absolute atomic E-state index is 0.131. The van der Waals surface area contributed by atoms with Gasteiger partial charge in [-0.1, -0.05) is 24.3 Å². The number of nitrogens with zero attached hydrogens (tertiary/aromatic N) is 2. The Morgan fingerprint density at radius 3 is 2.80 bits per heavy atom. The van der Waals surface area contributed by atoms with E-state index in [1.54, 1.807) is 0 Å². The summed E-state index contributed by atoms with van der Waals surface area (Å²) in [6, 6.07) is 11.6. The molecule has 1 fully saturated rings. The Bertz CT molecular complexity index is 1450. The van der Waals surface area contributed by atoms with E-state index < -0.39 is 11.7 Å². The number of carbonyl (C=O) groups is 1. The summed E-state index contributed by atoms with van der Waals surface area (Å²) in [5.41, 5.74) is 9.10. The van der Waals surface area contributed by atoms with E-state index in [-0.39, 0.29) is 29.5 Å². The molecule has 10 heteroatoms. The van der Waals surface area contributed by atoms with Gasteiger partial charge in [-0.05, 0) is 42.3 Å². The maximum Gasteiger partial charge on any atom is 0.288 e. The van der Waals surface area contributed by atoms with Crippen LogP contribution in [0.2, 0.25) is 0 Å². The second kappa shape index (κ2) is 9.22. The molecule has 1 aliphatic heterocycles. The number of anilines is 1. The number of ether oxygens (including phenoxy) is 1. The van der Waals surface area contributed by atoms with Crippen molar-refractivity contribution >= 4 is 22.6 Å². The number of rotatable bonds is 6. The van der Waals surface area contributed by atoms with Crippen LogP contribution in [0.3, 0.4) is 0 Å². The molecule has 2 aromatic heterocycles. The van der Waals surface area contributed by atoms with Crippen LogP contribution in [0.5, 0.6) is 5.75 Å². The number of nitrogens with two attached hydrogens (primary N) is 1. The standard InChI is InChI=1S/C25H25FN6O3/c1-35-20-7-6-16(26)10-18(20)24(33)29-11-14-2-4-15(5-3-14)19-13-32(17-8-9-28-12-17)22-21(19)23(27)30-31-25(22)34/h2-7,10,13,17,28H,8-9,11-12H2,1H3,(H2,27,30)(H,29,33)(H,31,34). The molecule has 180 valence electrons. The van der Waals surface area contributed by atoms with Crippen molar-refractivity contribution in [2.24, 2.45) is 0 Å². The van der Waals surface area contributed by atoms with Gasteiger partial charge in [0, 0.05) is 30.9 Å². The summed E-state index contributed by atoms with van der Waals surface area (Å²) in [5, 5.41) is 13.2. The molecule has 35 heavy (non-hydrogen) atoms. The van der Waals surface area contributed by atoms with Crippen LogP contribution in [0.15, 0.2) is 53.5 Å². The van der Waals surface area contributed by atoms with Gasteiger partial charge in [-0.15, -0.1) is 0 Å². The van der Waals surface area contributed by atoms with Crippen LogP contribution in [-0.4, -0.2) is 40.9 Å². The molecule has 0 aliphatic carbocycles. The molecule has 5 rings (SSSR count). The summed E-state index contributed by atoms with van der Waals surface area (Å²) in [7, 11) is 1.43. The van der Waals surface area contributed by atoms with Crippen LogP contribution in [0.25, 0.3) is 22.0 Å². The van der Waals surface area contributed by atoms with E-state index in [0.29, 0.717) is 16.7 Å². The fourth-order valence-electron chi connectivity index (χ4n) is 4.56. The molecule has 0 saturated carbocycles. The topological polar surface area (TPSA) is 127 Å². The van der Waals surface area contributed by atoms with Gasteiger partial charge in [0.25, 0.3) is 11.5 Å². The number of fused-ring (bicyclic) bond motifs is 1. The van der Waals surface area contributed by atoms with Gasteiger partial charge in [-0.3, -0.25) is 9.59 Å². The molecule has 9 nitrogen and oxygen atoms in total. The number of hydrogen-bond acceptors (Lipinski definition) is 6. The molecule has 0 bridgehead atoms. The Hall–Kier alpha value is -4.18. The number of aromatic nitrogens is 3. The maximum absolute atomic E-state index is 13.6. The SMILES string of the molecule is COc1ccc(F)cc1C(=O)NCc1ccc(-c2cn(C3CCNC3)c3c(=O)[nH]nc(N)c23)cc1. The first kappa shape index (κ1) is 22.6. The molecule has 1 aliphatic rings. The normalized spacial score (nSPS) is 15.4. The van der Waals surface area contributed by atoms with Crippen molar-refractivity contribution in [2.45, 2.75) is 19.0 Å². The van der Waals surface area contributed by atoms with Gasteiger partial charge in [-0.25, -0.2) is 9.49 Å². The third-order valence-corrected chi connectivity index (χ3v) is 6.33. The van der Waals surface area contributed by atoms with Crippen molar-refractivity contribution in [3.63, 3.8) is 0 Å². The Kier molecular flexibility index (Phi) is 5.96. The Balaban J connectivity index is 1.41. The van der Waals surface area contributed by atoms with Gasteiger partial charge in [0.15, 0.2) is 5.82 Å². The van der Waals surface area contributed by atoms with E-state index in [9.17, 15) is 14.0 Å². The zero-order chi connectivity index (χ0) is 24.5. The molecule has 0 spiro atoms. The summed E-state index contributed by atoms with van der Waals surface area (Å²) < 4.78 is 20.7. The molecule has 5 N–H and O–H groups in total. The number of methoxy groups -OCH3 is 1. The predicted octanol–water partition coefficient (Wildman–Crippen LogP) is 2.59. The molecule has 1 saturated heterocycles. The van der Waals surface area contributed by atoms with Gasteiger partial charge < -0.3 is 25.7 Å². The average molecular weight is 477 g/mol. The average Bonchev–Trinajstić information content (AvgIpc) is 3.54. The van der Waals surface area contributed by atoms with Crippen LogP contribution in [0, 0.1) is 5.82 Å². The maximum atomic E-state index is 13.6. The number of aromatic amines is 1. The minimum Gasteiger partial charge on any atom is -0.496 e. The van der Waals surface area contributed by atoms with Gasteiger partial charge >= 0.3 is 0 Å². The van der Waals surface area contributed by atoms with Crippen molar-refractivity contribution in [2.75, 3.05) is 25.9 Å². The smallest absolute Gasteiger partial charge is 0.288 e. The van der Waals surface area contributed by atoms with Gasteiger partial charge in [0.05, 0.1) is 18.1 Å². The molecule has 1 atom stereocenters. The van der Waals surface area contributed by atoms with Gasteiger partial charge in [-0.2, -0.15) is 5.10 Å². The summed E-state index contributed by atoms with van der Waals surface area (Å²) in [6.07, 6.45) is 2.88. The number of carbonyl (C=O) groups excluding carboxylic acids is 1. The largest absolute Gasteiger partial charge is 0.496 e. The number of benzene rings is 2. The molecular weight excluding hydrogens is 451 g/mol. The lowest BCUT2D eigenvalue weighted by molar-refractivity contribution is 0.0947. The summed E-state index contributed by atoms with van der Waals surface area (Å²) in [5.74, 6) is -0.383. The Morgan fingerprint density at radius 2 is 2.09 bits per heavy atom. The van der Waals surface area contributed by atoms with E-state index >= 15 is 0 Å². The first-order chi connectivity index (χ1) is 17.0. The van der Waals surface area contributed by atoms with E-state index in [2.05, 4.69) is 20.8 Å². The van der Waals surface area contributed by atoms with Gasteiger partial charge in [0.2, 0.25) is 0 Å². The highest BCUT2D eigenvalue weighted by Crippen LogP contribution is 2.34. The third-order valence-electron chi connectivity index (χ3n) is 6.33. The number of amides is 1. The van der Waals surface area contributed by atoms with Crippen molar-refractivity contribution in [1.29, 1.82) is 0 Å². The molecule has 1 amide bonds. The molecule has 2 aromatic carbocycles. The second-order valence-electron chi connectivity index (χ2n) is 8.48. The quantitative estimate of drug-likeness (QED) is 0.339. The molecule has 0 radical (unpaired) electrons. The highest BCUT2D eigenvalue weighted by molar-refractivity contribution is 6.02. The van der Waals surface area contributed by atoms with Crippen LogP contribution < -0.4 is 26.7 Å². The first-order valence-corrected chi connectivity index (χ1v) is 11.3. The third kappa shape index (κ3) is 4.24. The lowest BCUT2D eigenvalue weighted by atomic mass is 10.0. The van der Waals surface area contributed by atoms with Crippen LogP contribution in [0.1, 0.15) is 28.4 Å². The summed E-state index contributed by atoms with van der Waals surface area (Å²) >= 11 is 0. The van der Waals surface area contributed by atoms with E-state index in [4.69, 9.17) is 10.5 Å². The zero-order valence-corrected chi connectivity index (χ0v) is 19.1. The van der Waals surface area contributed by atoms with Crippen molar-refractivity contribution in [1.82, 2.24) is 25.4 Å². The van der Waals surface area contributed by atoms with Crippen molar-refractivity contribution < 1.29 is 13.9 Å². The zero-order valence-electron chi connectivity index (χ0n) is 19.1. The Morgan fingerprint density at radius 1 is 1.29 bits per heavy atom. The second-order valence-corrected chi connectivity index (χ2v) is 8.48. The number of halogens is 1. The van der Waals surface area contributed by atoms with Crippen molar-refractivity contribution in [3.05, 3.63) is 76.0 Å². The number of nitrogens with one attached hydrogen (secondary N) is 3. The van der Waals surface area contributed by atoms with Gasteiger partial charge in [0.1, 0.15) is 17.1 Å². The number of hydrogen-bond donors (Lipinski definition) is 4. The van der Waals surface area contributed by atoms with E-state index in [0.717, 1.165) is 42.3 Å². The minimum atomic E-state index is -0.513. The lowest BCUT2D eigenvalue weighted by Gasteiger charge is -2.11. The monoisotopic (exact) mass is 476 g/mol. The molecular formula is C25H25FN6O3. The van der Waals surface area contributed by atoms with Crippen LogP contribution in [-0.2, 0) is 6.54 Å². The highest BCUT2D eigenvalue weighted by Gasteiger charge is 2.24. The van der Waals surface area contributed by atoms with Crippen LogP contribution in [0.4, 0.5) is 10.2 Å². The molecule has 1 unspecified atom stereocenters. The Labute approximate surface area is 200 Å². The van der Waals surface area contributed by atoms with Crippen molar-refractivity contribution in [3.8, 4) is 16.9 Å². The van der Waals surface area contributed by atoms with E-state index in [1.165, 1.54) is 19.2 Å². The highest BCUT2D eigenvalue weighted by atomic mass is 19.1. The molecule has 4 aromatic rings. The van der Waals surface area contributed by atoms with Crippen LogP contribution >= 0.6 is 0 Å². The number of nitrogen functional groups attached to an aromatic ring is 1. The lowest BCUT2D eigenvalue weighted by Crippen LogP contribution is -2.23. The predicted molar refractivity (Wildman–Crippen MR) is 131 cm³/mol. The fraction of sp³-hybridized carbons (Fsp3) is 0.240. The molecule has 3 heterocycles. The summed E-state index contributed by atoms with van der Waals surface area (Å²) in [6.45, 7) is 1.91.